The highest BCUT2D eigenvalue weighted by atomic mass is 35.5. The highest BCUT2D eigenvalue weighted by molar-refractivity contribution is 6.20. The third-order valence-electron chi connectivity index (χ3n) is 3.91. The molecule has 2 unspecified atom stereocenters. The maximum Gasteiger partial charge on any atom is 0.0386 e. The SMILES string of the molecule is Cc1cccc(C)c1CN1CCC(Cl)C(C)C1. The molecule has 1 aromatic rings. The molecule has 17 heavy (non-hydrogen) atoms. The number of hydrogen-bond acceptors (Lipinski definition) is 1. The van der Waals surface area contributed by atoms with E-state index in [1.807, 2.05) is 0 Å². The van der Waals surface area contributed by atoms with Crippen LogP contribution in [-0.4, -0.2) is 23.4 Å². The largest absolute Gasteiger partial charge is 0.299 e. The van der Waals surface area contributed by atoms with Crippen LogP contribution in [0.15, 0.2) is 18.2 Å². The summed E-state index contributed by atoms with van der Waals surface area (Å²) < 4.78 is 0. The van der Waals surface area contributed by atoms with Crippen LogP contribution in [0.3, 0.4) is 0 Å². The minimum Gasteiger partial charge on any atom is -0.299 e. The fraction of sp³-hybridized carbons (Fsp3) is 0.600. The number of benzene rings is 1. The molecule has 94 valence electrons. The summed E-state index contributed by atoms with van der Waals surface area (Å²) in [5, 5.41) is 0.365. The first-order valence-corrected chi connectivity index (χ1v) is 6.93. The molecule has 0 amide bonds. The zero-order valence-electron chi connectivity index (χ0n) is 11.0. The highest BCUT2D eigenvalue weighted by Gasteiger charge is 2.24. The van der Waals surface area contributed by atoms with Gasteiger partial charge in [0, 0.05) is 18.5 Å². The van der Waals surface area contributed by atoms with E-state index in [-0.39, 0.29) is 0 Å². The number of nitrogens with zero attached hydrogens (tertiary/aromatic N) is 1. The van der Waals surface area contributed by atoms with Crippen molar-refractivity contribution in [3.05, 3.63) is 34.9 Å². The topological polar surface area (TPSA) is 3.24 Å². The molecule has 1 aliphatic rings. The fourth-order valence-corrected chi connectivity index (χ4v) is 2.85. The van der Waals surface area contributed by atoms with E-state index in [9.17, 15) is 0 Å². The Morgan fingerprint density at radius 1 is 1.29 bits per heavy atom. The van der Waals surface area contributed by atoms with Crippen LogP contribution < -0.4 is 0 Å². The maximum absolute atomic E-state index is 6.27. The lowest BCUT2D eigenvalue weighted by atomic mass is 9.97. The van der Waals surface area contributed by atoms with Crippen molar-refractivity contribution < 1.29 is 0 Å². The normalized spacial score (nSPS) is 26.1. The quantitative estimate of drug-likeness (QED) is 0.724. The Balaban J connectivity index is 2.06. The second-order valence-electron chi connectivity index (χ2n) is 5.39. The van der Waals surface area contributed by atoms with Crippen LogP contribution >= 0.6 is 11.6 Å². The molecule has 0 aliphatic carbocycles. The minimum absolute atomic E-state index is 0.365. The van der Waals surface area contributed by atoms with Crippen LogP contribution in [0.1, 0.15) is 30.0 Å². The van der Waals surface area contributed by atoms with Gasteiger partial charge in [0.2, 0.25) is 0 Å². The summed E-state index contributed by atoms with van der Waals surface area (Å²) in [7, 11) is 0. The van der Waals surface area contributed by atoms with Gasteiger partial charge in [0.15, 0.2) is 0 Å². The van der Waals surface area contributed by atoms with E-state index in [4.69, 9.17) is 11.6 Å². The zero-order chi connectivity index (χ0) is 12.4. The molecule has 1 saturated heterocycles. The van der Waals surface area contributed by atoms with E-state index < -0.39 is 0 Å². The Morgan fingerprint density at radius 2 is 1.94 bits per heavy atom. The Kier molecular flexibility index (Phi) is 4.11. The van der Waals surface area contributed by atoms with Gasteiger partial charge in [0.1, 0.15) is 0 Å². The Bertz CT molecular complexity index is 368. The third kappa shape index (κ3) is 3.02. The smallest absolute Gasteiger partial charge is 0.0386 e. The monoisotopic (exact) mass is 251 g/mol. The van der Waals surface area contributed by atoms with Gasteiger partial charge in [-0.15, -0.1) is 11.6 Å². The first-order chi connectivity index (χ1) is 8.08. The van der Waals surface area contributed by atoms with Crippen molar-refractivity contribution in [2.75, 3.05) is 13.1 Å². The molecule has 1 nitrogen and oxygen atoms in total. The Hall–Kier alpha value is -0.530. The molecular formula is C15H22ClN. The number of aryl methyl sites for hydroxylation is 2. The van der Waals surface area contributed by atoms with Crippen LogP contribution in [0.4, 0.5) is 0 Å². The number of likely N-dealkylation sites (tertiary alicyclic amines) is 1. The summed E-state index contributed by atoms with van der Waals surface area (Å²) in [6, 6.07) is 6.56. The summed E-state index contributed by atoms with van der Waals surface area (Å²) in [6.07, 6.45) is 1.12. The molecule has 0 N–H and O–H groups in total. The van der Waals surface area contributed by atoms with Gasteiger partial charge in [0.05, 0.1) is 0 Å². The molecule has 2 heteroatoms. The Morgan fingerprint density at radius 3 is 2.53 bits per heavy atom. The number of hydrogen-bond donors (Lipinski definition) is 0. The van der Waals surface area contributed by atoms with Crippen molar-refractivity contribution in [1.29, 1.82) is 0 Å². The standard InChI is InChI=1S/C15H22ClN/c1-11-5-4-6-12(2)14(11)10-17-8-7-15(16)13(3)9-17/h4-6,13,15H,7-10H2,1-3H3. The molecule has 0 saturated carbocycles. The highest BCUT2D eigenvalue weighted by Crippen LogP contribution is 2.24. The maximum atomic E-state index is 6.27. The first kappa shape index (κ1) is 12.9. The average molecular weight is 252 g/mol. The zero-order valence-corrected chi connectivity index (χ0v) is 11.8. The van der Waals surface area contributed by atoms with Gasteiger partial charge in [-0.2, -0.15) is 0 Å². The summed E-state index contributed by atoms with van der Waals surface area (Å²) in [6.45, 7) is 10.0. The van der Waals surface area contributed by atoms with E-state index in [2.05, 4.69) is 43.9 Å². The molecule has 2 atom stereocenters. The second kappa shape index (κ2) is 5.41. The van der Waals surface area contributed by atoms with Gasteiger partial charge >= 0.3 is 0 Å². The molecule has 1 heterocycles. The van der Waals surface area contributed by atoms with Crippen molar-refractivity contribution in [1.82, 2.24) is 4.90 Å². The van der Waals surface area contributed by atoms with Crippen LogP contribution in [0.2, 0.25) is 0 Å². The summed E-state index contributed by atoms with van der Waals surface area (Å²) in [4.78, 5) is 2.54. The first-order valence-electron chi connectivity index (χ1n) is 6.49. The lowest BCUT2D eigenvalue weighted by Gasteiger charge is -2.34. The number of piperidine rings is 1. The van der Waals surface area contributed by atoms with Crippen LogP contribution in [-0.2, 0) is 6.54 Å². The van der Waals surface area contributed by atoms with Crippen molar-refractivity contribution >= 4 is 11.6 Å². The third-order valence-corrected chi connectivity index (χ3v) is 4.56. The lowest BCUT2D eigenvalue weighted by molar-refractivity contribution is 0.179. The molecule has 1 fully saturated rings. The van der Waals surface area contributed by atoms with Gasteiger partial charge in [-0.05, 0) is 49.4 Å². The number of halogens is 1. The van der Waals surface area contributed by atoms with Gasteiger partial charge in [-0.25, -0.2) is 0 Å². The number of alkyl halides is 1. The fourth-order valence-electron chi connectivity index (χ4n) is 2.67. The van der Waals surface area contributed by atoms with Crippen molar-refractivity contribution in [3.63, 3.8) is 0 Å². The molecule has 0 aromatic heterocycles. The van der Waals surface area contributed by atoms with Crippen LogP contribution in [0, 0.1) is 19.8 Å². The van der Waals surface area contributed by atoms with E-state index in [1.54, 1.807) is 0 Å². The molecule has 0 spiro atoms. The molecule has 1 aliphatic heterocycles. The summed E-state index contributed by atoms with van der Waals surface area (Å²) in [5.41, 5.74) is 4.31. The molecule has 0 bridgehead atoms. The molecule has 1 aromatic carbocycles. The van der Waals surface area contributed by atoms with Crippen molar-refractivity contribution in [3.8, 4) is 0 Å². The summed E-state index contributed by atoms with van der Waals surface area (Å²) >= 11 is 6.27. The predicted octanol–water partition coefficient (Wildman–Crippen LogP) is 3.75. The molecular weight excluding hydrogens is 230 g/mol. The van der Waals surface area contributed by atoms with Crippen molar-refractivity contribution in [2.24, 2.45) is 5.92 Å². The van der Waals surface area contributed by atoms with Crippen molar-refractivity contribution in [2.45, 2.75) is 39.1 Å². The molecule has 0 radical (unpaired) electrons. The van der Waals surface area contributed by atoms with Gasteiger partial charge in [-0.1, -0.05) is 25.1 Å². The predicted molar refractivity (Wildman–Crippen MR) is 74.6 cm³/mol. The van der Waals surface area contributed by atoms with Gasteiger partial charge < -0.3 is 0 Å². The van der Waals surface area contributed by atoms with E-state index in [0.717, 1.165) is 26.1 Å². The minimum atomic E-state index is 0.365. The van der Waals surface area contributed by atoms with E-state index in [0.29, 0.717) is 11.3 Å². The Labute approximate surface area is 110 Å². The lowest BCUT2D eigenvalue weighted by Crippen LogP contribution is -2.39. The van der Waals surface area contributed by atoms with Crippen LogP contribution in [0.5, 0.6) is 0 Å². The van der Waals surface area contributed by atoms with Gasteiger partial charge in [0.25, 0.3) is 0 Å². The molecule has 2 rings (SSSR count). The summed E-state index contributed by atoms with van der Waals surface area (Å²) in [5.74, 6) is 0.606. The second-order valence-corrected chi connectivity index (χ2v) is 5.95. The van der Waals surface area contributed by atoms with Gasteiger partial charge in [-0.3, -0.25) is 4.90 Å². The van der Waals surface area contributed by atoms with Crippen LogP contribution in [0.25, 0.3) is 0 Å². The average Bonchev–Trinajstić information content (AvgIpc) is 2.28. The van der Waals surface area contributed by atoms with E-state index in [1.165, 1.54) is 16.7 Å². The van der Waals surface area contributed by atoms with E-state index >= 15 is 0 Å². The number of rotatable bonds is 2.